The molecule has 0 amide bonds. The number of hydrogen-bond acceptors (Lipinski definition) is 3. The molecule has 0 bridgehead atoms. The molecule has 1 saturated heterocycles. The highest BCUT2D eigenvalue weighted by Gasteiger charge is 2.23. The maximum absolute atomic E-state index is 12.3. The van der Waals surface area contributed by atoms with E-state index in [0.717, 1.165) is 31.5 Å². The Morgan fingerprint density at radius 1 is 1.32 bits per heavy atom. The SMILES string of the molecule is Cc1ccc(Br)c(S(=O)(=O)NC2CCNCC2)c1.Cl. The van der Waals surface area contributed by atoms with Gasteiger partial charge in [-0.25, -0.2) is 13.1 Å². The molecule has 4 nitrogen and oxygen atoms in total. The van der Waals surface area contributed by atoms with Gasteiger partial charge in [-0.1, -0.05) is 6.07 Å². The number of aryl methyl sites for hydroxylation is 1. The van der Waals surface area contributed by atoms with Gasteiger partial charge in [-0.3, -0.25) is 0 Å². The van der Waals surface area contributed by atoms with Crippen LogP contribution in [0, 0.1) is 6.92 Å². The van der Waals surface area contributed by atoms with Crippen molar-refractivity contribution in [2.45, 2.75) is 30.7 Å². The third-order valence-corrected chi connectivity index (χ3v) is 5.55. The Kier molecular flexibility index (Phi) is 6.26. The van der Waals surface area contributed by atoms with E-state index in [2.05, 4.69) is 26.0 Å². The molecule has 0 atom stereocenters. The third kappa shape index (κ3) is 4.43. The highest BCUT2D eigenvalue weighted by atomic mass is 79.9. The monoisotopic (exact) mass is 368 g/mol. The molecule has 7 heteroatoms. The molecule has 0 spiro atoms. The van der Waals surface area contributed by atoms with Crippen molar-refractivity contribution in [2.75, 3.05) is 13.1 Å². The normalized spacial score (nSPS) is 16.9. The second-order valence-electron chi connectivity index (χ2n) is 4.58. The maximum atomic E-state index is 12.3. The quantitative estimate of drug-likeness (QED) is 0.859. The number of benzene rings is 1. The van der Waals surface area contributed by atoms with Gasteiger partial charge < -0.3 is 5.32 Å². The predicted octanol–water partition coefficient (Wildman–Crippen LogP) is 2.21. The van der Waals surface area contributed by atoms with Gasteiger partial charge >= 0.3 is 0 Å². The summed E-state index contributed by atoms with van der Waals surface area (Å²) >= 11 is 3.30. The highest BCUT2D eigenvalue weighted by molar-refractivity contribution is 9.10. The van der Waals surface area contributed by atoms with Gasteiger partial charge in [0.05, 0.1) is 4.90 Å². The lowest BCUT2D eigenvalue weighted by Gasteiger charge is -2.23. The molecule has 0 unspecified atom stereocenters. The van der Waals surface area contributed by atoms with E-state index in [4.69, 9.17) is 0 Å². The minimum atomic E-state index is -3.44. The van der Waals surface area contributed by atoms with Crippen LogP contribution in [0.5, 0.6) is 0 Å². The molecular formula is C12H18BrClN2O2S. The second kappa shape index (κ2) is 7.04. The molecule has 1 aromatic rings. The van der Waals surface area contributed by atoms with Gasteiger partial charge in [0.25, 0.3) is 0 Å². The largest absolute Gasteiger partial charge is 0.317 e. The molecule has 1 fully saturated rings. The lowest BCUT2D eigenvalue weighted by molar-refractivity contribution is 0.427. The van der Waals surface area contributed by atoms with Gasteiger partial charge in [0.15, 0.2) is 0 Å². The van der Waals surface area contributed by atoms with Crippen LogP contribution < -0.4 is 10.0 Å². The van der Waals surface area contributed by atoms with Gasteiger partial charge in [-0.05, 0) is 66.5 Å². The fourth-order valence-electron chi connectivity index (χ4n) is 2.04. The van der Waals surface area contributed by atoms with Crippen LogP contribution in [0.4, 0.5) is 0 Å². The zero-order chi connectivity index (χ0) is 13.2. The first-order chi connectivity index (χ1) is 8.49. The zero-order valence-electron chi connectivity index (χ0n) is 10.6. The van der Waals surface area contributed by atoms with Gasteiger partial charge in [-0.2, -0.15) is 0 Å². The van der Waals surface area contributed by atoms with Gasteiger partial charge in [-0.15, -0.1) is 12.4 Å². The van der Waals surface area contributed by atoms with E-state index in [1.54, 1.807) is 12.1 Å². The molecule has 2 rings (SSSR count). The van der Waals surface area contributed by atoms with Crippen molar-refractivity contribution in [3.8, 4) is 0 Å². The predicted molar refractivity (Wildman–Crippen MR) is 82.3 cm³/mol. The molecule has 19 heavy (non-hydrogen) atoms. The van der Waals surface area contributed by atoms with Crippen LogP contribution in [-0.2, 0) is 10.0 Å². The lowest BCUT2D eigenvalue weighted by atomic mass is 10.1. The van der Waals surface area contributed by atoms with Crippen molar-refractivity contribution >= 4 is 38.4 Å². The summed E-state index contributed by atoms with van der Waals surface area (Å²) in [7, 11) is -3.44. The van der Waals surface area contributed by atoms with Crippen LogP contribution in [0.15, 0.2) is 27.6 Å². The number of halogens is 2. The first-order valence-electron chi connectivity index (χ1n) is 5.98. The number of rotatable bonds is 3. The van der Waals surface area contributed by atoms with E-state index in [-0.39, 0.29) is 18.4 Å². The summed E-state index contributed by atoms with van der Waals surface area (Å²) in [5.74, 6) is 0. The Hall–Kier alpha value is -0.140. The second-order valence-corrected chi connectivity index (χ2v) is 7.12. The number of sulfonamides is 1. The van der Waals surface area contributed by atoms with Crippen molar-refractivity contribution in [3.05, 3.63) is 28.2 Å². The molecule has 0 saturated carbocycles. The van der Waals surface area contributed by atoms with Gasteiger partial charge in [0.1, 0.15) is 0 Å². The molecule has 1 aliphatic heterocycles. The third-order valence-electron chi connectivity index (χ3n) is 3.04. The van der Waals surface area contributed by atoms with Crippen LogP contribution in [0.3, 0.4) is 0 Å². The molecule has 2 N–H and O–H groups in total. The minimum Gasteiger partial charge on any atom is -0.317 e. The average molecular weight is 370 g/mol. The summed E-state index contributed by atoms with van der Waals surface area (Å²) in [5, 5.41) is 3.22. The van der Waals surface area contributed by atoms with Crippen molar-refractivity contribution in [3.63, 3.8) is 0 Å². The maximum Gasteiger partial charge on any atom is 0.241 e. The van der Waals surface area contributed by atoms with Gasteiger partial charge in [0, 0.05) is 10.5 Å². The minimum absolute atomic E-state index is 0. The summed E-state index contributed by atoms with van der Waals surface area (Å²) in [6.45, 7) is 3.61. The number of hydrogen-bond donors (Lipinski definition) is 2. The van der Waals surface area contributed by atoms with E-state index >= 15 is 0 Å². The summed E-state index contributed by atoms with van der Waals surface area (Å²) in [4.78, 5) is 0.320. The summed E-state index contributed by atoms with van der Waals surface area (Å²) in [6.07, 6.45) is 1.67. The van der Waals surface area contributed by atoms with Crippen LogP contribution in [0.2, 0.25) is 0 Å². The van der Waals surface area contributed by atoms with Crippen molar-refractivity contribution in [1.82, 2.24) is 10.0 Å². The Balaban J connectivity index is 0.00000180. The van der Waals surface area contributed by atoms with E-state index in [1.165, 1.54) is 0 Å². The Morgan fingerprint density at radius 3 is 2.58 bits per heavy atom. The Morgan fingerprint density at radius 2 is 1.95 bits per heavy atom. The summed E-state index contributed by atoms with van der Waals surface area (Å²) in [5.41, 5.74) is 0.934. The highest BCUT2D eigenvalue weighted by Crippen LogP contribution is 2.23. The molecular weight excluding hydrogens is 352 g/mol. The lowest BCUT2D eigenvalue weighted by Crippen LogP contribution is -2.42. The molecule has 108 valence electrons. The molecule has 1 heterocycles. The molecule has 1 aliphatic rings. The van der Waals surface area contributed by atoms with E-state index in [1.807, 2.05) is 13.0 Å². The average Bonchev–Trinajstić information content (AvgIpc) is 2.33. The Labute approximate surface area is 128 Å². The van der Waals surface area contributed by atoms with Crippen LogP contribution in [0.1, 0.15) is 18.4 Å². The molecule has 0 aromatic heterocycles. The van der Waals surface area contributed by atoms with Crippen LogP contribution >= 0.6 is 28.3 Å². The standard InChI is InChI=1S/C12H17BrN2O2S.ClH/c1-9-2-3-11(13)12(8-9)18(16,17)15-10-4-6-14-7-5-10;/h2-3,8,10,14-15H,4-7H2,1H3;1H. The first-order valence-corrected chi connectivity index (χ1v) is 8.26. The summed E-state index contributed by atoms with van der Waals surface area (Å²) < 4.78 is 28.0. The smallest absolute Gasteiger partial charge is 0.241 e. The Bertz CT molecular complexity index is 531. The van der Waals surface area contributed by atoms with E-state index in [9.17, 15) is 8.42 Å². The van der Waals surface area contributed by atoms with Crippen molar-refractivity contribution in [1.29, 1.82) is 0 Å². The van der Waals surface area contributed by atoms with Crippen LogP contribution in [0.25, 0.3) is 0 Å². The zero-order valence-corrected chi connectivity index (χ0v) is 13.9. The van der Waals surface area contributed by atoms with Crippen LogP contribution in [-0.4, -0.2) is 27.5 Å². The number of piperidine rings is 1. The molecule has 0 radical (unpaired) electrons. The topological polar surface area (TPSA) is 58.2 Å². The molecule has 1 aromatic carbocycles. The van der Waals surface area contributed by atoms with E-state index < -0.39 is 10.0 Å². The van der Waals surface area contributed by atoms with Gasteiger partial charge in [0.2, 0.25) is 10.0 Å². The summed E-state index contributed by atoms with van der Waals surface area (Å²) in [6, 6.07) is 5.37. The van der Waals surface area contributed by atoms with Crippen molar-refractivity contribution < 1.29 is 8.42 Å². The fraction of sp³-hybridized carbons (Fsp3) is 0.500. The molecule has 0 aliphatic carbocycles. The van der Waals surface area contributed by atoms with Crippen molar-refractivity contribution in [2.24, 2.45) is 0 Å². The fourth-order valence-corrected chi connectivity index (χ4v) is 4.39. The van der Waals surface area contributed by atoms with E-state index in [0.29, 0.717) is 9.37 Å². The number of nitrogens with one attached hydrogen (secondary N) is 2. The first kappa shape index (κ1) is 16.9.